The third kappa shape index (κ3) is 6.25. The van der Waals surface area contributed by atoms with Crippen LogP contribution in [0.3, 0.4) is 0 Å². The van der Waals surface area contributed by atoms with Crippen LogP contribution in [0.4, 0.5) is 0 Å². The van der Waals surface area contributed by atoms with Gasteiger partial charge in [-0.1, -0.05) is 0 Å². The second kappa shape index (κ2) is 8.62. The molecule has 2 rings (SSSR count). The second-order valence-electron chi connectivity index (χ2n) is 2.56. The molecule has 1 fully saturated rings. The van der Waals surface area contributed by atoms with Gasteiger partial charge in [0.25, 0.3) is 0 Å². The summed E-state index contributed by atoms with van der Waals surface area (Å²) in [7, 11) is 0. The first-order valence-electron chi connectivity index (χ1n) is 4.15. The molecular formula is C9H16ClNO. The van der Waals surface area contributed by atoms with Crippen molar-refractivity contribution in [1.82, 2.24) is 4.98 Å². The number of rotatable bonds is 0. The van der Waals surface area contributed by atoms with E-state index in [9.17, 15) is 0 Å². The van der Waals surface area contributed by atoms with Crippen LogP contribution in [0, 0.1) is 0 Å². The second-order valence-corrected chi connectivity index (χ2v) is 2.56. The maximum atomic E-state index is 5.07. The lowest BCUT2D eigenvalue weighted by atomic mass is 10.2. The molecule has 1 aliphatic rings. The van der Waals surface area contributed by atoms with E-state index < -0.39 is 0 Å². The van der Waals surface area contributed by atoms with E-state index in [1.54, 1.807) is 0 Å². The number of hydrogen-bond acceptors (Lipinski definition) is 1. The Morgan fingerprint density at radius 3 is 1.67 bits per heavy atom. The van der Waals surface area contributed by atoms with E-state index in [1.165, 1.54) is 19.3 Å². The van der Waals surface area contributed by atoms with Gasteiger partial charge in [-0.15, -0.1) is 12.4 Å². The minimum Gasteiger partial charge on any atom is -0.381 e. The Balaban J connectivity index is 0.000000189. The Morgan fingerprint density at radius 2 is 1.50 bits per heavy atom. The number of nitrogens with one attached hydrogen (secondary N) is 1. The Hall–Kier alpha value is -0.470. The molecule has 1 saturated heterocycles. The minimum atomic E-state index is 0. The molecule has 0 amide bonds. The van der Waals surface area contributed by atoms with Crippen LogP contribution in [-0.2, 0) is 4.74 Å². The fraction of sp³-hybridized carbons (Fsp3) is 0.556. The van der Waals surface area contributed by atoms with Crippen molar-refractivity contribution in [3.8, 4) is 0 Å². The first kappa shape index (κ1) is 11.5. The van der Waals surface area contributed by atoms with Crippen LogP contribution in [-0.4, -0.2) is 18.2 Å². The van der Waals surface area contributed by atoms with Crippen molar-refractivity contribution < 1.29 is 4.74 Å². The van der Waals surface area contributed by atoms with Gasteiger partial charge in [-0.2, -0.15) is 0 Å². The van der Waals surface area contributed by atoms with Crippen LogP contribution in [0.1, 0.15) is 19.3 Å². The predicted molar refractivity (Wildman–Crippen MR) is 52.7 cm³/mol. The van der Waals surface area contributed by atoms with Crippen molar-refractivity contribution in [1.29, 1.82) is 0 Å². The summed E-state index contributed by atoms with van der Waals surface area (Å²) in [6, 6.07) is 3.89. The minimum absolute atomic E-state index is 0. The van der Waals surface area contributed by atoms with Crippen LogP contribution >= 0.6 is 12.4 Å². The molecule has 0 aromatic carbocycles. The average molecular weight is 190 g/mol. The number of H-pyrrole nitrogens is 1. The lowest BCUT2D eigenvalue weighted by Gasteiger charge is -2.08. The van der Waals surface area contributed by atoms with Gasteiger partial charge in [0.15, 0.2) is 0 Å². The molecule has 0 radical (unpaired) electrons. The van der Waals surface area contributed by atoms with Gasteiger partial charge in [0, 0.05) is 25.6 Å². The number of aromatic amines is 1. The zero-order valence-corrected chi connectivity index (χ0v) is 7.98. The van der Waals surface area contributed by atoms with E-state index in [2.05, 4.69) is 4.98 Å². The van der Waals surface area contributed by atoms with Gasteiger partial charge in [-0.25, -0.2) is 0 Å². The quantitative estimate of drug-likeness (QED) is 0.667. The van der Waals surface area contributed by atoms with Gasteiger partial charge < -0.3 is 9.72 Å². The van der Waals surface area contributed by atoms with Crippen molar-refractivity contribution >= 4 is 12.4 Å². The zero-order chi connectivity index (χ0) is 7.78. The highest BCUT2D eigenvalue weighted by Crippen LogP contribution is 2.02. The molecule has 0 unspecified atom stereocenters. The zero-order valence-electron chi connectivity index (χ0n) is 7.16. The van der Waals surface area contributed by atoms with Gasteiger partial charge in [-0.3, -0.25) is 0 Å². The van der Waals surface area contributed by atoms with E-state index in [0.717, 1.165) is 13.2 Å². The van der Waals surface area contributed by atoms with Gasteiger partial charge >= 0.3 is 0 Å². The van der Waals surface area contributed by atoms with E-state index in [1.807, 2.05) is 24.5 Å². The standard InChI is InChI=1S/C5H10O.C4H5N.ClH/c1-2-4-6-5-3-1;1-2-4-5-3-1;/h1-5H2;1-5H;1H. The normalized spacial score (nSPS) is 15.3. The fourth-order valence-corrected chi connectivity index (χ4v) is 0.965. The molecule has 70 valence electrons. The van der Waals surface area contributed by atoms with E-state index in [0.29, 0.717) is 0 Å². The Bertz CT molecular complexity index is 121. The van der Waals surface area contributed by atoms with Crippen LogP contribution in [0.5, 0.6) is 0 Å². The molecular weight excluding hydrogens is 174 g/mol. The number of hydrogen-bond donors (Lipinski definition) is 1. The molecule has 1 aromatic rings. The Labute approximate surface area is 79.7 Å². The van der Waals surface area contributed by atoms with Gasteiger partial charge in [-0.05, 0) is 31.4 Å². The molecule has 2 nitrogen and oxygen atoms in total. The highest BCUT2D eigenvalue weighted by Gasteiger charge is 1.94. The molecule has 12 heavy (non-hydrogen) atoms. The largest absolute Gasteiger partial charge is 0.381 e. The van der Waals surface area contributed by atoms with Crippen LogP contribution in [0.15, 0.2) is 24.5 Å². The summed E-state index contributed by atoms with van der Waals surface area (Å²) >= 11 is 0. The van der Waals surface area contributed by atoms with Crippen molar-refractivity contribution in [3.05, 3.63) is 24.5 Å². The summed E-state index contributed by atoms with van der Waals surface area (Å²) in [5, 5.41) is 0. The topological polar surface area (TPSA) is 25.0 Å². The lowest BCUT2D eigenvalue weighted by Crippen LogP contribution is -2.03. The molecule has 1 N–H and O–H groups in total. The van der Waals surface area contributed by atoms with Crippen LogP contribution in [0.2, 0.25) is 0 Å². The highest BCUT2D eigenvalue weighted by molar-refractivity contribution is 5.85. The Kier molecular flexibility index (Phi) is 8.29. The maximum Gasteiger partial charge on any atom is 0.0466 e. The fourth-order valence-electron chi connectivity index (χ4n) is 0.965. The Morgan fingerprint density at radius 1 is 0.917 bits per heavy atom. The lowest BCUT2D eigenvalue weighted by molar-refractivity contribution is 0.0968. The smallest absolute Gasteiger partial charge is 0.0466 e. The molecule has 0 spiro atoms. The molecule has 0 bridgehead atoms. The van der Waals surface area contributed by atoms with Gasteiger partial charge in [0.05, 0.1) is 0 Å². The summed E-state index contributed by atoms with van der Waals surface area (Å²) < 4.78 is 5.07. The highest BCUT2D eigenvalue weighted by atomic mass is 35.5. The molecule has 0 aliphatic carbocycles. The SMILES string of the molecule is C1CCOCC1.Cl.c1cc[nH]c1. The number of halogens is 1. The van der Waals surface area contributed by atoms with Gasteiger partial charge in [0.1, 0.15) is 0 Å². The van der Waals surface area contributed by atoms with Crippen LogP contribution in [0.25, 0.3) is 0 Å². The van der Waals surface area contributed by atoms with E-state index in [4.69, 9.17) is 4.74 Å². The summed E-state index contributed by atoms with van der Waals surface area (Å²) in [5.41, 5.74) is 0. The molecule has 1 aliphatic heterocycles. The van der Waals surface area contributed by atoms with Gasteiger partial charge in [0.2, 0.25) is 0 Å². The monoisotopic (exact) mass is 189 g/mol. The summed E-state index contributed by atoms with van der Waals surface area (Å²) in [4.78, 5) is 2.86. The molecule has 1 aromatic heterocycles. The van der Waals surface area contributed by atoms with Crippen molar-refractivity contribution in [2.45, 2.75) is 19.3 Å². The first-order chi connectivity index (χ1) is 5.50. The van der Waals surface area contributed by atoms with Crippen molar-refractivity contribution in [2.24, 2.45) is 0 Å². The summed E-state index contributed by atoms with van der Waals surface area (Å²) in [6.07, 6.45) is 7.68. The van der Waals surface area contributed by atoms with Crippen molar-refractivity contribution in [2.75, 3.05) is 13.2 Å². The molecule has 0 saturated carbocycles. The number of ether oxygens (including phenoxy) is 1. The van der Waals surface area contributed by atoms with Crippen LogP contribution < -0.4 is 0 Å². The number of aromatic nitrogens is 1. The predicted octanol–water partition coefficient (Wildman–Crippen LogP) is 2.62. The molecule has 0 atom stereocenters. The third-order valence-electron chi connectivity index (χ3n) is 1.57. The first-order valence-corrected chi connectivity index (χ1v) is 4.15. The van der Waals surface area contributed by atoms with E-state index >= 15 is 0 Å². The van der Waals surface area contributed by atoms with E-state index in [-0.39, 0.29) is 12.4 Å². The van der Waals surface area contributed by atoms with Crippen molar-refractivity contribution in [3.63, 3.8) is 0 Å². The summed E-state index contributed by atoms with van der Waals surface area (Å²) in [5.74, 6) is 0. The molecule has 2 heterocycles. The third-order valence-corrected chi connectivity index (χ3v) is 1.57. The summed E-state index contributed by atoms with van der Waals surface area (Å²) in [6.45, 7) is 2.00. The molecule has 3 heteroatoms. The maximum absolute atomic E-state index is 5.07. The average Bonchev–Trinajstić information content (AvgIpc) is 2.64.